The van der Waals surface area contributed by atoms with Gasteiger partial charge in [0.25, 0.3) is 5.91 Å². The van der Waals surface area contributed by atoms with E-state index in [1.807, 2.05) is 56.3 Å². The molecule has 0 radical (unpaired) electrons. The Morgan fingerprint density at radius 1 is 1.19 bits per heavy atom. The van der Waals surface area contributed by atoms with Crippen LogP contribution in [-0.4, -0.2) is 43.7 Å². The Balaban J connectivity index is 1.60. The Bertz CT molecular complexity index is 739. The minimum Gasteiger partial charge on any atom is -0.494 e. The topological polar surface area (TPSA) is 50.8 Å². The number of hydrogen-bond acceptors (Lipinski definition) is 4. The van der Waals surface area contributed by atoms with Gasteiger partial charge in [-0.25, -0.2) is 0 Å². The van der Waals surface area contributed by atoms with Gasteiger partial charge in [0.15, 0.2) is 0 Å². The molecule has 0 aliphatic carbocycles. The van der Waals surface area contributed by atoms with Gasteiger partial charge in [0, 0.05) is 25.2 Å². The molecule has 2 aromatic rings. The molecule has 1 heterocycles. The SMILES string of the molecule is CCOc1ccc([C@@H](C)NC(=O)c2cccc(CN3CCOCC3)c2)cc1. The van der Waals surface area contributed by atoms with E-state index >= 15 is 0 Å². The van der Waals surface area contributed by atoms with Gasteiger partial charge in [-0.15, -0.1) is 0 Å². The standard InChI is InChI=1S/C22H28N2O3/c1-3-27-21-9-7-19(8-10-21)17(2)23-22(25)20-6-4-5-18(15-20)16-24-11-13-26-14-12-24/h4-10,15,17H,3,11-14,16H2,1-2H3,(H,23,25)/t17-/m1/s1. The lowest BCUT2D eigenvalue weighted by Gasteiger charge is -2.26. The molecular formula is C22H28N2O3. The molecule has 0 saturated carbocycles. The molecule has 1 N–H and O–H groups in total. The number of rotatable bonds is 7. The molecule has 0 bridgehead atoms. The summed E-state index contributed by atoms with van der Waals surface area (Å²) in [4.78, 5) is 15.0. The highest BCUT2D eigenvalue weighted by Gasteiger charge is 2.14. The van der Waals surface area contributed by atoms with Crippen molar-refractivity contribution in [2.45, 2.75) is 26.4 Å². The fourth-order valence-electron chi connectivity index (χ4n) is 3.21. The summed E-state index contributed by atoms with van der Waals surface area (Å²) < 4.78 is 10.9. The zero-order valence-corrected chi connectivity index (χ0v) is 16.1. The minimum absolute atomic E-state index is 0.0554. The van der Waals surface area contributed by atoms with Gasteiger partial charge in [0.05, 0.1) is 25.9 Å². The highest BCUT2D eigenvalue weighted by atomic mass is 16.5. The molecule has 2 aromatic carbocycles. The van der Waals surface area contributed by atoms with E-state index in [9.17, 15) is 4.79 Å². The molecule has 5 heteroatoms. The molecule has 1 amide bonds. The van der Waals surface area contributed by atoms with Crippen molar-refractivity contribution in [3.63, 3.8) is 0 Å². The predicted molar refractivity (Wildman–Crippen MR) is 106 cm³/mol. The fourth-order valence-corrected chi connectivity index (χ4v) is 3.21. The van der Waals surface area contributed by atoms with Crippen LogP contribution < -0.4 is 10.1 Å². The van der Waals surface area contributed by atoms with Crippen molar-refractivity contribution in [3.8, 4) is 5.75 Å². The highest BCUT2D eigenvalue weighted by Crippen LogP contribution is 2.18. The minimum atomic E-state index is -0.0731. The second-order valence-electron chi connectivity index (χ2n) is 6.79. The van der Waals surface area contributed by atoms with Gasteiger partial charge < -0.3 is 14.8 Å². The first kappa shape index (κ1) is 19.4. The van der Waals surface area contributed by atoms with E-state index in [-0.39, 0.29) is 11.9 Å². The van der Waals surface area contributed by atoms with Crippen LogP contribution in [0, 0.1) is 0 Å². The number of ether oxygens (including phenoxy) is 2. The van der Waals surface area contributed by atoms with Gasteiger partial charge in [-0.1, -0.05) is 24.3 Å². The Morgan fingerprint density at radius 2 is 1.93 bits per heavy atom. The fraction of sp³-hybridized carbons (Fsp3) is 0.409. The van der Waals surface area contributed by atoms with Crippen LogP contribution in [0.3, 0.4) is 0 Å². The average Bonchev–Trinajstić information content (AvgIpc) is 2.70. The Morgan fingerprint density at radius 3 is 2.63 bits per heavy atom. The average molecular weight is 368 g/mol. The van der Waals surface area contributed by atoms with E-state index in [1.165, 1.54) is 0 Å². The molecule has 144 valence electrons. The van der Waals surface area contributed by atoms with E-state index in [4.69, 9.17) is 9.47 Å². The van der Waals surface area contributed by atoms with Crippen LogP contribution in [0.1, 0.15) is 41.4 Å². The van der Waals surface area contributed by atoms with Crippen molar-refractivity contribution in [1.82, 2.24) is 10.2 Å². The second kappa shape index (κ2) is 9.53. The zero-order chi connectivity index (χ0) is 19.1. The molecule has 0 spiro atoms. The van der Waals surface area contributed by atoms with Crippen molar-refractivity contribution in [2.24, 2.45) is 0 Å². The smallest absolute Gasteiger partial charge is 0.251 e. The molecule has 3 rings (SSSR count). The van der Waals surface area contributed by atoms with Crippen LogP contribution in [0.5, 0.6) is 5.75 Å². The first-order chi connectivity index (χ1) is 13.2. The van der Waals surface area contributed by atoms with E-state index in [1.54, 1.807) is 0 Å². The molecule has 1 fully saturated rings. The molecule has 1 atom stereocenters. The summed E-state index contributed by atoms with van der Waals surface area (Å²) in [6.07, 6.45) is 0. The zero-order valence-electron chi connectivity index (χ0n) is 16.1. The monoisotopic (exact) mass is 368 g/mol. The Hall–Kier alpha value is -2.37. The third-order valence-corrected chi connectivity index (χ3v) is 4.74. The van der Waals surface area contributed by atoms with Crippen molar-refractivity contribution >= 4 is 5.91 Å². The maximum Gasteiger partial charge on any atom is 0.251 e. The van der Waals surface area contributed by atoms with Crippen LogP contribution in [0.15, 0.2) is 48.5 Å². The molecule has 1 aliphatic heterocycles. The van der Waals surface area contributed by atoms with Crippen molar-refractivity contribution in [1.29, 1.82) is 0 Å². The first-order valence-corrected chi connectivity index (χ1v) is 9.58. The Labute approximate surface area is 161 Å². The normalized spacial score (nSPS) is 15.9. The van der Waals surface area contributed by atoms with Crippen LogP contribution >= 0.6 is 0 Å². The number of benzene rings is 2. The van der Waals surface area contributed by atoms with Gasteiger partial charge in [-0.2, -0.15) is 0 Å². The molecule has 0 unspecified atom stereocenters. The van der Waals surface area contributed by atoms with Gasteiger partial charge in [0.2, 0.25) is 0 Å². The van der Waals surface area contributed by atoms with Gasteiger partial charge >= 0.3 is 0 Å². The van der Waals surface area contributed by atoms with Crippen LogP contribution in [0.25, 0.3) is 0 Å². The molecular weight excluding hydrogens is 340 g/mol. The van der Waals surface area contributed by atoms with E-state index < -0.39 is 0 Å². The highest BCUT2D eigenvalue weighted by molar-refractivity contribution is 5.94. The van der Waals surface area contributed by atoms with E-state index in [0.29, 0.717) is 12.2 Å². The number of carbonyl (C=O) groups is 1. The quantitative estimate of drug-likeness (QED) is 0.814. The third kappa shape index (κ3) is 5.55. The second-order valence-corrected chi connectivity index (χ2v) is 6.79. The number of carbonyl (C=O) groups excluding carboxylic acids is 1. The maximum atomic E-state index is 12.7. The van der Waals surface area contributed by atoms with Crippen molar-refractivity contribution in [3.05, 3.63) is 65.2 Å². The number of hydrogen-bond donors (Lipinski definition) is 1. The summed E-state index contributed by atoms with van der Waals surface area (Å²) in [5.41, 5.74) is 2.90. The molecule has 1 aliphatic rings. The molecule has 0 aromatic heterocycles. The largest absolute Gasteiger partial charge is 0.494 e. The lowest BCUT2D eigenvalue weighted by molar-refractivity contribution is 0.0342. The molecule has 1 saturated heterocycles. The summed E-state index contributed by atoms with van der Waals surface area (Å²) in [6.45, 7) is 8.87. The summed E-state index contributed by atoms with van der Waals surface area (Å²) in [5.74, 6) is 0.788. The van der Waals surface area contributed by atoms with Gasteiger partial charge in [0.1, 0.15) is 5.75 Å². The van der Waals surface area contributed by atoms with Crippen LogP contribution in [0.4, 0.5) is 0 Å². The third-order valence-electron chi connectivity index (χ3n) is 4.74. The summed E-state index contributed by atoms with van der Waals surface area (Å²) in [6, 6.07) is 15.6. The van der Waals surface area contributed by atoms with Crippen molar-refractivity contribution < 1.29 is 14.3 Å². The lowest BCUT2D eigenvalue weighted by atomic mass is 10.1. The van der Waals surface area contributed by atoms with Crippen LogP contribution in [-0.2, 0) is 11.3 Å². The summed E-state index contributed by atoms with van der Waals surface area (Å²) >= 11 is 0. The van der Waals surface area contributed by atoms with Gasteiger partial charge in [-0.05, 0) is 49.2 Å². The number of amides is 1. The van der Waals surface area contributed by atoms with Crippen molar-refractivity contribution in [2.75, 3.05) is 32.9 Å². The van der Waals surface area contributed by atoms with Gasteiger partial charge in [-0.3, -0.25) is 9.69 Å². The predicted octanol–water partition coefficient (Wildman–Crippen LogP) is 3.41. The van der Waals surface area contributed by atoms with E-state index in [2.05, 4.69) is 16.3 Å². The number of morpholine rings is 1. The summed E-state index contributed by atoms with van der Waals surface area (Å²) in [7, 11) is 0. The molecule has 27 heavy (non-hydrogen) atoms. The first-order valence-electron chi connectivity index (χ1n) is 9.58. The molecule has 5 nitrogen and oxygen atoms in total. The van der Waals surface area contributed by atoms with Crippen LogP contribution in [0.2, 0.25) is 0 Å². The Kier molecular flexibility index (Phi) is 6.85. The maximum absolute atomic E-state index is 12.7. The lowest BCUT2D eigenvalue weighted by Crippen LogP contribution is -2.35. The van der Waals surface area contributed by atoms with E-state index in [0.717, 1.165) is 49.7 Å². The number of nitrogens with one attached hydrogen (secondary N) is 1. The summed E-state index contributed by atoms with van der Waals surface area (Å²) in [5, 5.41) is 3.08. The number of nitrogens with zero attached hydrogens (tertiary/aromatic N) is 1.